The van der Waals surface area contributed by atoms with Crippen molar-refractivity contribution in [2.75, 3.05) is 18.0 Å². The van der Waals surface area contributed by atoms with Crippen LogP contribution in [0.25, 0.3) is 11.2 Å². The van der Waals surface area contributed by atoms with Gasteiger partial charge in [0.2, 0.25) is 0 Å². The second-order valence-corrected chi connectivity index (χ2v) is 9.54. The van der Waals surface area contributed by atoms with Gasteiger partial charge in [-0.2, -0.15) is 0 Å². The van der Waals surface area contributed by atoms with Gasteiger partial charge in [0.05, 0.1) is 17.6 Å². The molecule has 0 aromatic carbocycles. The minimum Gasteiger partial charge on any atom is -0.364 e. The van der Waals surface area contributed by atoms with Crippen LogP contribution < -0.4 is 10.6 Å². The Bertz CT molecular complexity index is 1170. The van der Waals surface area contributed by atoms with Crippen LogP contribution in [0.2, 0.25) is 0 Å². The number of carbonyl (C=O) groups excluding carboxylic acids is 1. The normalized spacial score (nSPS) is 21.2. The second kappa shape index (κ2) is 6.45. The number of hydrogen-bond donors (Lipinski definition) is 0. The predicted octanol–water partition coefficient (Wildman–Crippen LogP) is 1.87. The van der Waals surface area contributed by atoms with Crippen molar-refractivity contribution < 1.29 is 9.32 Å². The van der Waals surface area contributed by atoms with Crippen LogP contribution >= 0.6 is 0 Å². The number of aryl methyl sites for hydroxylation is 1. The van der Waals surface area contributed by atoms with Crippen LogP contribution in [0.1, 0.15) is 37.7 Å². The molecule has 0 saturated carbocycles. The van der Waals surface area contributed by atoms with Gasteiger partial charge < -0.3 is 14.3 Å². The first-order valence-corrected chi connectivity index (χ1v) is 10.3. The first kappa shape index (κ1) is 18.9. The summed E-state index contributed by atoms with van der Waals surface area (Å²) < 4.78 is 8.24. The molecule has 0 spiro atoms. The monoisotopic (exact) mass is 410 g/mol. The molecular weight excluding hydrogens is 384 g/mol. The quantitative estimate of drug-likeness (QED) is 0.655. The smallest absolute Gasteiger partial charge is 0.330 e. The van der Waals surface area contributed by atoms with Crippen molar-refractivity contribution in [2.45, 2.75) is 45.8 Å². The molecule has 2 bridgehead atoms. The SMILES string of the molecule is Cn1c(=O)n(CC(C)(C)C)c2ccc(N3C[C@@H]4C[C@H]3CN4C(=O)c3ccon3)nc21. The zero-order valence-corrected chi connectivity index (χ0v) is 17.7. The molecule has 9 heteroatoms. The number of hydrogen-bond acceptors (Lipinski definition) is 6. The highest BCUT2D eigenvalue weighted by molar-refractivity contribution is 5.93. The maximum absolute atomic E-state index is 12.8. The highest BCUT2D eigenvalue weighted by Gasteiger charge is 2.46. The zero-order chi connectivity index (χ0) is 21.2. The summed E-state index contributed by atoms with van der Waals surface area (Å²) in [5.41, 5.74) is 1.85. The highest BCUT2D eigenvalue weighted by atomic mass is 16.5. The maximum Gasteiger partial charge on any atom is 0.330 e. The van der Waals surface area contributed by atoms with Crippen molar-refractivity contribution in [1.82, 2.24) is 24.2 Å². The molecular formula is C21H26N6O3. The molecule has 3 aromatic heterocycles. The average molecular weight is 410 g/mol. The van der Waals surface area contributed by atoms with Crippen molar-refractivity contribution in [3.63, 3.8) is 0 Å². The Morgan fingerprint density at radius 2 is 2.00 bits per heavy atom. The number of carbonyl (C=O) groups is 1. The van der Waals surface area contributed by atoms with Crippen molar-refractivity contribution in [3.8, 4) is 0 Å². The molecule has 2 fully saturated rings. The molecule has 0 unspecified atom stereocenters. The number of imidazole rings is 1. The summed E-state index contributed by atoms with van der Waals surface area (Å²) in [5, 5.41) is 3.77. The molecule has 2 aliphatic rings. The van der Waals surface area contributed by atoms with Gasteiger partial charge in [0.1, 0.15) is 12.1 Å². The van der Waals surface area contributed by atoms with Crippen molar-refractivity contribution in [3.05, 3.63) is 40.6 Å². The van der Waals surface area contributed by atoms with E-state index >= 15 is 0 Å². The number of piperazine rings is 1. The summed E-state index contributed by atoms with van der Waals surface area (Å²) in [6.07, 6.45) is 2.33. The van der Waals surface area contributed by atoms with Crippen LogP contribution in [0.4, 0.5) is 5.82 Å². The number of aromatic nitrogens is 4. The molecule has 2 atom stereocenters. The van der Waals surface area contributed by atoms with Gasteiger partial charge in [-0.1, -0.05) is 25.9 Å². The lowest BCUT2D eigenvalue weighted by atomic mass is 9.97. The van der Waals surface area contributed by atoms with E-state index in [0.717, 1.165) is 24.3 Å². The Kier molecular flexibility index (Phi) is 4.06. The van der Waals surface area contributed by atoms with Crippen LogP contribution in [0.5, 0.6) is 0 Å². The lowest BCUT2D eigenvalue weighted by Crippen LogP contribution is -2.49. The van der Waals surface area contributed by atoms with E-state index in [4.69, 9.17) is 9.51 Å². The van der Waals surface area contributed by atoms with E-state index in [0.29, 0.717) is 24.4 Å². The van der Waals surface area contributed by atoms with Crippen LogP contribution in [-0.4, -0.2) is 55.3 Å². The van der Waals surface area contributed by atoms with Gasteiger partial charge in [0.15, 0.2) is 11.3 Å². The molecule has 9 nitrogen and oxygen atoms in total. The van der Waals surface area contributed by atoms with Gasteiger partial charge in [0, 0.05) is 32.7 Å². The van der Waals surface area contributed by atoms with E-state index in [2.05, 4.69) is 30.8 Å². The molecule has 158 valence electrons. The van der Waals surface area contributed by atoms with Crippen molar-refractivity contribution in [1.29, 1.82) is 0 Å². The number of likely N-dealkylation sites (tertiary alicyclic amines) is 1. The van der Waals surface area contributed by atoms with Crippen molar-refractivity contribution in [2.24, 2.45) is 12.5 Å². The summed E-state index contributed by atoms with van der Waals surface area (Å²) in [6.45, 7) is 8.36. The Balaban J connectivity index is 1.41. The lowest BCUT2D eigenvalue weighted by Gasteiger charge is -2.34. The second-order valence-electron chi connectivity index (χ2n) is 9.54. The van der Waals surface area contributed by atoms with E-state index in [1.54, 1.807) is 22.2 Å². The molecule has 2 saturated heterocycles. The van der Waals surface area contributed by atoms with Gasteiger partial charge in [-0.3, -0.25) is 13.9 Å². The van der Waals surface area contributed by atoms with E-state index in [-0.39, 0.29) is 29.1 Å². The largest absolute Gasteiger partial charge is 0.364 e. The van der Waals surface area contributed by atoms with Crippen LogP contribution in [0.3, 0.4) is 0 Å². The topological polar surface area (TPSA) is 89.4 Å². The number of amides is 1. The predicted molar refractivity (Wildman–Crippen MR) is 112 cm³/mol. The molecule has 2 aliphatic heterocycles. The summed E-state index contributed by atoms with van der Waals surface area (Å²) in [7, 11) is 1.77. The number of fused-ring (bicyclic) bond motifs is 3. The van der Waals surface area contributed by atoms with Crippen LogP contribution in [0.15, 0.2) is 33.8 Å². The molecule has 0 aliphatic carbocycles. The fraction of sp³-hybridized carbons (Fsp3) is 0.524. The third kappa shape index (κ3) is 2.91. The molecule has 5 rings (SSSR count). The van der Waals surface area contributed by atoms with Crippen molar-refractivity contribution >= 4 is 22.9 Å². The van der Waals surface area contributed by atoms with Crippen LogP contribution in [0, 0.1) is 5.41 Å². The van der Waals surface area contributed by atoms with Crippen LogP contribution in [-0.2, 0) is 13.6 Å². The van der Waals surface area contributed by atoms with E-state index in [9.17, 15) is 9.59 Å². The Hall–Kier alpha value is -3.10. The number of anilines is 1. The highest BCUT2D eigenvalue weighted by Crippen LogP contribution is 2.35. The molecule has 3 aromatic rings. The maximum atomic E-state index is 12.8. The fourth-order valence-corrected chi connectivity index (χ4v) is 4.72. The zero-order valence-electron chi connectivity index (χ0n) is 17.7. The molecule has 5 heterocycles. The number of pyridine rings is 1. The minimum absolute atomic E-state index is 0.00920. The van der Waals surface area contributed by atoms with Gasteiger partial charge >= 0.3 is 5.69 Å². The summed E-state index contributed by atoms with van der Waals surface area (Å²) >= 11 is 0. The summed E-state index contributed by atoms with van der Waals surface area (Å²) in [4.78, 5) is 34.4. The number of rotatable bonds is 3. The molecule has 0 N–H and O–H groups in total. The first-order valence-electron chi connectivity index (χ1n) is 10.3. The molecule has 30 heavy (non-hydrogen) atoms. The third-order valence-electron chi connectivity index (χ3n) is 6.05. The van der Waals surface area contributed by atoms with Gasteiger partial charge in [-0.15, -0.1) is 0 Å². The van der Waals surface area contributed by atoms with E-state index in [1.165, 1.54) is 6.26 Å². The first-order chi connectivity index (χ1) is 14.2. The molecule has 1 amide bonds. The average Bonchev–Trinajstić information content (AvgIpc) is 3.48. The van der Waals surface area contributed by atoms with Gasteiger partial charge in [0.25, 0.3) is 5.91 Å². The fourth-order valence-electron chi connectivity index (χ4n) is 4.72. The molecule has 0 radical (unpaired) electrons. The van der Waals surface area contributed by atoms with E-state index < -0.39 is 0 Å². The standard InChI is InChI=1S/C21H26N6O3/c1-21(2,3)12-27-16-5-6-17(22-18(16)24(4)20(27)29)25-10-14-9-13(25)11-26(14)19(28)15-7-8-30-23-15/h5-8,13-14H,9-12H2,1-4H3/t13-,14-/m0/s1. The Morgan fingerprint density at radius 3 is 2.63 bits per heavy atom. The number of nitrogens with zero attached hydrogens (tertiary/aromatic N) is 6. The van der Waals surface area contributed by atoms with Gasteiger partial charge in [-0.05, 0) is 24.0 Å². The third-order valence-corrected chi connectivity index (χ3v) is 6.05. The van der Waals surface area contributed by atoms with Gasteiger partial charge in [-0.25, -0.2) is 9.78 Å². The summed E-state index contributed by atoms with van der Waals surface area (Å²) in [5.74, 6) is 0.771. The summed E-state index contributed by atoms with van der Waals surface area (Å²) in [6, 6.07) is 5.93. The minimum atomic E-state index is -0.0824. The Labute approximate surface area is 173 Å². The van der Waals surface area contributed by atoms with E-state index in [1.807, 2.05) is 17.0 Å². The lowest BCUT2D eigenvalue weighted by molar-refractivity contribution is 0.0715. The Morgan fingerprint density at radius 1 is 1.20 bits per heavy atom.